The molecule has 1 aromatic carbocycles. The lowest BCUT2D eigenvalue weighted by molar-refractivity contribution is -0.124. The van der Waals surface area contributed by atoms with Crippen LogP contribution < -0.4 is 20.7 Å². The maximum Gasteiger partial charge on any atom is 0.243 e. The number of hydrogen-bond donors (Lipinski definition) is 3. The molecular formula is C15H24ClN3O3. The van der Waals surface area contributed by atoms with E-state index >= 15 is 0 Å². The molecule has 0 unspecified atom stereocenters. The number of anilines is 1. The molecule has 0 aromatic heterocycles. The topological polar surface area (TPSA) is 79.5 Å². The number of amides is 2. The number of rotatable bonds is 9. The molecule has 0 bridgehead atoms. The van der Waals surface area contributed by atoms with E-state index in [1.807, 2.05) is 14.0 Å². The number of benzene rings is 1. The highest BCUT2D eigenvalue weighted by Gasteiger charge is 2.05. The Morgan fingerprint density at radius 2 is 1.82 bits per heavy atom. The van der Waals surface area contributed by atoms with E-state index in [-0.39, 0.29) is 30.8 Å². The predicted octanol–water partition coefficient (Wildman–Crippen LogP) is 1.56. The second kappa shape index (κ2) is 11.8. The van der Waals surface area contributed by atoms with Crippen molar-refractivity contribution in [2.75, 3.05) is 32.1 Å². The lowest BCUT2D eigenvalue weighted by Crippen LogP contribution is -2.33. The van der Waals surface area contributed by atoms with Crippen LogP contribution in [0.3, 0.4) is 0 Å². The van der Waals surface area contributed by atoms with Gasteiger partial charge in [-0.25, -0.2) is 0 Å². The minimum Gasteiger partial charge on any atom is -0.494 e. The molecule has 0 aliphatic carbocycles. The molecule has 0 heterocycles. The molecular weight excluding hydrogens is 306 g/mol. The van der Waals surface area contributed by atoms with Crippen molar-refractivity contribution >= 4 is 29.9 Å². The summed E-state index contributed by atoms with van der Waals surface area (Å²) in [6.07, 6.45) is 1.17. The second-order valence-corrected chi connectivity index (χ2v) is 4.49. The van der Waals surface area contributed by atoms with Crippen LogP contribution in [-0.4, -0.2) is 38.6 Å². The van der Waals surface area contributed by atoms with Crippen LogP contribution in [0.5, 0.6) is 5.75 Å². The summed E-state index contributed by atoms with van der Waals surface area (Å²) in [5.41, 5.74) is 0.674. The van der Waals surface area contributed by atoms with Gasteiger partial charge in [-0.15, -0.1) is 12.4 Å². The molecule has 0 aliphatic heterocycles. The van der Waals surface area contributed by atoms with Gasteiger partial charge in [-0.1, -0.05) is 0 Å². The van der Waals surface area contributed by atoms with Crippen LogP contribution in [0.15, 0.2) is 24.3 Å². The smallest absolute Gasteiger partial charge is 0.243 e. The highest BCUT2D eigenvalue weighted by molar-refractivity contribution is 5.94. The van der Waals surface area contributed by atoms with Crippen molar-refractivity contribution in [2.45, 2.75) is 19.8 Å². The molecule has 0 radical (unpaired) electrons. The fraction of sp³-hybridized carbons (Fsp3) is 0.467. The van der Waals surface area contributed by atoms with Gasteiger partial charge >= 0.3 is 0 Å². The fourth-order valence-electron chi connectivity index (χ4n) is 1.70. The maximum atomic E-state index is 11.7. The zero-order valence-electron chi connectivity index (χ0n) is 13.0. The molecule has 2 amide bonds. The normalized spacial score (nSPS) is 9.55. The van der Waals surface area contributed by atoms with E-state index in [4.69, 9.17) is 4.74 Å². The quantitative estimate of drug-likeness (QED) is 0.601. The van der Waals surface area contributed by atoms with Crippen LogP contribution in [0.1, 0.15) is 19.8 Å². The third-order valence-corrected chi connectivity index (χ3v) is 2.73. The minimum atomic E-state index is -0.249. The molecule has 1 rings (SSSR count). The molecule has 1 aromatic rings. The van der Waals surface area contributed by atoms with Gasteiger partial charge in [0.25, 0.3) is 0 Å². The Morgan fingerprint density at radius 3 is 2.41 bits per heavy atom. The molecule has 0 aliphatic rings. The van der Waals surface area contributed by atoms with Gasteiger partial charge in [0.1, 0.15) is 5.75 Å². The summed E-state index contributed by atoms with van der Waals surface area (Å²) in [7, 11) is 1.84. The van der Waals surface area contributed by atoms with Crippen LogP contribution in [0.2, 0.25) is 0 Å². The van der Waals surface area contributed by atoms with Gasteiger partial charge in [-0.3, -0.25) is 9.59 Å². The van der Waals surface area contributed by atoms with Crippen molar-refractivity contribution in [2.24, 2.45) is 0 Å². The number of nitrogens with one attached hydrogen (secondary N) is 3. The summed E-state index contributed by atoms with van der Waals surface area (Å²) in [5, 5.41) is 8.27. The van der Waals surface area contributed by atoms with E-state index in [2.05, 4.69) is 16.0 Å². The Labute approximate surface area is 137 Å². The number of ether oxygens (including phenoxy) is 1. The summed E-state index contributed by atoms with van der Waals surface area (Å²) >= 11 is 0. The van der Waals surface area contributed by atoms with Crippen molar-refractivity contribution in [3.8, 4) is 5.75 Å². The third-order valence-electron chi connectivity index (χ3n) is 2.73. The summed E-state index contributed by atoms with van der Waals surface area (Å²) < 4.78 is 5.32. The second-order valence-electron chi connectivity index (χ2n) is 4.49. The first kappa shape index (κ1) is 20.2. The van der Waals surface area contributed by atoms with Crippen LogP contribution in [0.4, 0.5) is 5.69 Å². The van der Waals surface area contributed by atoms with Gasteiger partial charge in [-0.2, -0.15) is 0 Å². The average Bonchev–Trinajstić information content (AvgIpc) is 2.48. The number of carbonyl (C=O) groups excluding carboxylic acids is 2. The van der Waals surface area contributed by atoms with Gasteiger partial charge in [0.15, 0.2) is 0 Å². The Bertz CT molecular complexity index is 452. The molecule has 124 valence electrons. The molecule has 3 N–H and O–H groups in total. The monoisotopic (exact) mass is 329 g/mol. The molecule has 0 spiro atoms. The summed E-state index contributed by atoms with van der Waals surface area (Å²) in [6.45, 7) is 3.28. The van der Waals surface area contributed by atoms with Gasteiger partial charge in [0.05, 0.1) is 13.2 Å². The number of carbonyl (C=O) groups is 2. The van der Waals surface area contributed by atoms with Gasteiger partial charge in [0, 0.05) is 12.1 Å². The highest BCUT2D eigenvalue weighted by atomic mass is 35.5. The zero-order valence-corrected chi connectivity index (χ0v) is 13.8. The van der Waals surface area contributed by atoms with Crippen molar-refractivity contribution in [1.29, 1.82) is 0 Å². The van der Waals surface area contributed by atoms with Crippen LogP contribution in [0, 0.1) is 0 Å². The SMILES string of the molecule is CCOc1ccc(NC(=O)CNC(=O)CCCNC)cc1.Cl. The van der Waals surface area contributed by atoms with Gasteiger partial charge in [0.2, 0.25) is 11.8 Å². The van der Waals surface area contributed by atoms with E-state index in [9.17, 15) is 9.59 Å². The fourth-order valence-corrected chi connectivity index (χ4v) is 1.70. The Balaban J connectivity index is 0.00000441. The maximum absolute atomic E-state index is 11.7. The lowest BCUT2D eigenvalue weighted by atomic mass is 10.3. The van der Waals surface area contributed by atoms with E-state index in [0.29, 0.717) is 18.7 Å². The molecule has 0 fully saturated rings. The standard InChI is InChI=1S/C15H23N3O3.ClH/c1-3-21-13-8-6-12(7-9-13)18-15(20)11-17-14(19)5-4-10-16-2;/h6-9,16H,3-5,10-11H2,1-2H3,(H,17,19)(H,18,20);1H. The Hall–Kier alpha value is -1.79. The molecule has 22 heavy (non-hydrogen) atoms. The average molecular weight is 330 g/mol. The van der Waals surface area contributed by atoms with E-state index in [0.717, 1.165) is 18.7 Å². The molecule has 0 saturated carbocycles. The summed E-state index contributed by atoms with van der Waals surface area (Å²) in [5.74, 6) is 0.390. The number of halogens is 1. The van der Waals surface area contributed by atoms with Crippen molar-refractivity contribution in [3.63, 3.8) is 0 Å². The minimum absolute atomic E-state index is 0. The van der Waals surface area contributed by atoms with E-state index in [1.165, 1.54) is 0 Å². The van der Waals surface area contributed by atoms with Crippen molar-refractivity contribution in [3.05, 3.63) is 24.3 Å². The third kappa shape index (κ3) is 8.49. The molecule has 0 atom stereocenters. The largest absolute Gasteiger partial charge is 0.494 e. The van der Waals surface area contributed by atoms with Crippen LogP contribution in [-0.2, 0) is 9.59 Å². The first-order valence-corrected chi connectivity index (χ1v) is 7.09. The van der Waals surface area contributed by atoms with Crippen molar-refractivity contribution in [1.82, 2.24) is 10.6 Å². The molecule has 0 saturated heterocycles. The van der Waals surface area contributed by atoms with Crippen LogP contribution in [0.25, 0.3) is 0 Å². The lowest BCUT2D eigenvalue weighted by Gasteiger charge is -2.08. The zero-order chi connectivity index (χ0) is 15.5. The highest BCUT2D eigenvalue weighted by Crippen LogP contribution is 2.15. The predicted molar refractivity (Wildman–Crippen MR) is 89.7 cm³/mol. The van der Waals surface area contributed by atoms with Crippen LogP contribution >= 0.6 is 12.4 Å². The number of hydrogen-bond acceptors (Lipinski definition) is 4. The first-order chi connectivity index (χ1) is 10.2. The summed E-state index contributed by atoms with van der Waals surface area (Å²) in [6, 6.07) is 7.10. The van der Waals surface area contributed by atoms with E-state index in [1.54, 1.807) is 24.3 Å². The van der Waals surface area contributed by atoms with E-state index < -0.39 is 0 Å². The molecule has 6 nitrogen and oxygen atoms in total. The first-order valence-electron chi connectivity index (χ1n) is 7.09. The van der Waals surface area contributed by atoms with Gasteiger partial charge in [-0.05, 0) is 51.2 Å². The molecule has 7 heteroatoms. The Kier molecular flexibility index (Phi) is 10.9. The Morgan fingerprint density at radius 1 is 1.14 bits per heavy atom. The van der Waals surface area contributed by atoms with Crippen molar-refractivity contribution < 1.29 is 14.3 Å². The summed E-state index contributed by atoms with van der Waals surface area (Å²) in [4.78, 5) is 23.1. The van der Waals surface area contributed by atoms with Gasteiger partial charge < -0.3 is 20.7 Å².